The second kappa shape index (κ2) is 15.1. The number of carbonyl (C=O) groups is 3. The van der Waals surface area contributed by atoms with Crippen molar-refractivity contribution < 1.29 is 23.9 Å². The molecule has 4 rings (SSSR count). The van der Waals surface area contributed by atoms with Gasteiger partial charge in [-0.05, 0) is 64.2 Å². The Morgan fingerprint density at radius 2 is 1.25 bits per heavy atom. The number of carbonyl (C=O) groups excluding carboxylic acids is 3. The van der Waals surface area contributed by atoms with E-state index in [0.29, 0.717) is 23.9 Å². The molecule has 0 saturated carbocycles. The van der Waals surface area contributed by atoms with Crippen LogP contribution in [0, 0.1) is 0 Å². The van der Waals surface area contributed by atoms with E-state index in [-0.39, 0.29) is 24.8 Å². The van der Waals surface area contributed by atoms with Gasteiger partial charge in [-0.15, -0.1) is 0 Å². The summed E-state index contributed by atoms with van der Waals surface area (Å²) in [6.45, 7) is 0.530. The van der Waals surface area contributed by atoms with Crippen molar-refractivity contribution in [3.63, 3.8) is 0 Å². The van der Waals surface area contributed by atoms with Crippen molar-refractivity contribution >= 4 is 23.7 Å². The molecular weight excluding hydrogens is 560 g/mol. The lowest BCUT2D eigenvalue weighted by molar-refractivity contribution is -0.129. The van der Waals surface area contributed by atoms with Gasteiger partial charge in [-0.2, -0.15) is 0 Å². The highest BCUT2D eigenvalue weighted by Gasteiger charge is 2.28. The topological polar surface area (TPSA) is 171 Å². The highest BCUT2D eigenvalue weighted by molar-refractivity contribution is 5.92. The number of nitrogens with two attached hydrogens (primary N) is 2. The molecule has 0 radical (unpaired) electrons. The van der Waals surface area contributed by atoms with Gasteiger partial charge in [0.1, 0.15) is 23.4 Å². The number of urea groups is 1. The van der Waals surface area contributed by atoms with Gasteiger partial charge in [0.15, 0.2) is 0 Å². The summed E-state index contributed by atoms with van der Waals surface area (Å²) in [4.78, 5) is 42.6. The van der Waals surface area contributed by atoms with Crippen molar-refractivity contribution in [1.29, 1.82) is 0 Å². The third-order valence-corrected chi connectivity index (χ3v) is 7.04. The van der Waals surface area contributed by atoms with Gasteiger partial charge >= 0.3 is 6.03 Å². The molecule has 0 aliphatic heterocycles. The van der Waals surface area contributed by atoms with Crippen LogP contribution in [0.4, 0.5) is 10.6 Å². The molecule has 4 aromatic rings. The van der Waals surface area contributed by atoms with Gasteiger partial charge in [0.05, 0.1) is 20.1 Å². The van der Waals surface area contributed by atoms with E-state index in [1.54, 1.807) is 56.8 Å². The van der Waals surface area contributed by atoms with Crippen LogP contribution in [0.3, 0.4) is 0 Å². The second-order valence-electron chi connectivity index (χ2n) is 10.1. The summed E-state index contributed by atoms with van der Waals surface area (Å²) in [6, 6.07) is 23.8. The Morgan fingerprint density at radius 1 is 0.727 bits per heavy atom. The summed E-state index contributed by atoms with van der Waals surface area (Å²) in [6.07, 6.45) is 1.76. The van der Waals surface area contributed by atoms with Crippen molar-refractivity contribution in [2.75, 3.05) is 20.0 Å². The zero-order valence-electron chi connectivity index (χ0n) is 24.6. The van der Waals surface area contributed by atoms with Gasteiger partial charge in [-0.3, -0.25) is 9.59 Å². The molecule has 1 unspecified atom stereocenters. The molecule has 11 nitrogen and oxygen atoms in total. The first kappa shape index (κ1) is 31.4. The molecule has 4 amide bonds. The van der Waals surface area contributed by atoms with Gasteiger partial charge < -0.3 is 36.9 Å². The number of benzene rings is 3. The molecule has 0 spiro atoms. The van der Waals surface area contributed by atoms with Gasteiger partial charge in [0.25, 0.3) is 0 Å². The predicted octanol–water partition coefficient (Wildman–Crippen LogP) is 3.03. The summed E-state index contributed by atoms with van der Waals surface area (Å²) < 4.78 is 10.6. The number of amides is 4. The number of aromatic nitrogens is 1. The molecule has 0 aliphatic rings. The fourth-order valence-electron chi connectivity index (χ4n) is 4.69. The van der Waals surface area contributed by atoms with Crippen LogP contribution in [0.5, 0.6) is 11.5 Å². The van der Waals surface area contributed by atoms with E-state index in [0.717, 1.165) is 27.8 Å². The van der Waals surface area contributed by atoms with Crippen molar-refractivity contribution in [2.45, 2.75) is 31.5 Å². The van der Waals surface area contributed by atoms with Crippen LogP contribution in [-0.2, 0) is 29.1 Å². The number of nitrogens with zero attached hydrogens (tertiary/aromatic N) is 1. The first-order valence-corrected chi connectivity index (χ1v) is 13.9. The van der Waals surface area contributed by atoms with Crippen molar-refractivity contribution in [3.8, 4) is 11.5 Å². The minimum Gasteiger partial charge on any atom is -0.497 e. The highest BCUT2D eigenvalue weighted by Crippen LogP contribution is 2.28. The Bertz CT molecular complexity index is 1510. The maximum Gasteiger partial charge on any atom is 0.312 e. The average Bonchev–Trinajstić information content (AvgIpc) is 3.03. The summed E-state index contributed by atoms with van der Waals surface area (Å²) in [5.41, 5.74) is 14.9. The maximum absolute atomic E-state index is 14.0. The van der Waals surface area contributed by atoms with Crippen molar-refractivity contribution in [2.24, 2.45) is 5.73 Å². The molecule has 0 bridgehead atoms. The molecule has 228 valence electrons. The van der Waals surface area contributed by atoms with Crippen molar-refractivity contribution in [3.05, 3.63) is 119 Å². The fourth-order valence-corrected chi connectivity index (χ4v) is 4.69. The number of nitrogen functional groups attached to an aromatic ring is 1. The fraction of sp³-hybridized carbons (Fsp3) is 0.212. The van der Waals surface area contributed by atoms with Crippen LogP contribution in [0.1, 0.15) is 33.7 Å². The first-order chi connectivity index (χ1) is 21.2. The standard InChI is InChI=1S/C33H36N6O5/c1-43-26-11-7-24(8-12-26)30(25-9-13-27(44-2)14-10-25)32(41)39-28(17-23-15-16-36-29(34)18-23)31(40)37-19-21-3-5-22(6-4-21)20-38-33(35)42/h3-16,18,28,30H,17,19-20H2,1-2H3,(H2,34,36)(H,37,40)(H,39,41)(H3,35,38,42). The molecular formula is C33H36N6O5. The lowest BCUT2D eigenvalue weighted by atomic mass is 9.89. The van der Waals surface area contributed by atoms with E-state index in [9.17, 15) is 14.4 Å². The molecule has 3 aromatic carbocycles. The number of anilines is 1. The van der Waals surface area contributed by atoms with E-state index in [1.165, 1.54) is 0 Å². The van der Waals surface area contributed by atoms with Gasteiger partial charge in [0.2, 0.25) is 11.8 Å². The van der Waals surface area contributed by atoms with E-state index >= 15 is 0 Å². The van der Waals surface area contributed by atoms with Crippen LogP contribution in [0.25, 0.3) is 0 Å². The Hall–Kier alpha value is -5.58. The second-order valence-corrected chi connectivity index (χ2v) is 10.1. The third kappa shape index (κ3) is 8.71. The average molecular weight is 597 g/mol. The minimum atomic E-state index is -0.915. The van der Waals surface area contributed by atoms with Crippen LogP contribution in [0.2, 0.25) is 0 Å². The van der Waals surface area contributed by atoms with Crippen molar-refractivity contribution in [1.82, 2.24) is 20.9 Å². The number of ether oxygens (including phenoxy) is 2. The third-order valence-electron chi connectivity index (χ3n) is 7.04. The van der Waals surface area contributed by atoms with E-state index in [4.69, 9.17) is 20.9 Å². The Labute approximate surface area is 256 Å². The summed E-state index contributed by atoms with van der Waals surface area (Å²) >= 11 is 0. The molecule has 7 N–H and O–H groups in total. The summed E-state index contributed by atoms with van der Waals surface area (Å²) in [7, 11) is 3.15. The lowest BCUT2D eigenvalue weighted by Gasteiger charge is -2.24. The van der Waals surface area contributed by atoms with Crippen LogP contribution >= 0.6 is 0 Å². The van der Waals surface area contributed by atoms with Gasteiger partial charge in [0, 0.05) is 25.7 Å². The van der Waals surface area contributed by atoms with E-state index < -0.39 is 18.0 Å². The smallest absolute Gasteiger partial charge is 0.312 e. The molecule has 1 atom stereocenters. The molecule has 11 heteroatoms. The molecule has 0 aliphatic carbocycles. The number of nitrogens with one attached hydrogen (secondary N) is 3. The highest BCUT2D eigenvalue weighted by atomic mass is 16.5. The largest absolute Gasteiger partial charge is 0.497 e. The van der Waals surface area contributed by atoms with E-state index in [1.807, 2.05) is 48.5 Å². The minimum absolute atomic E-state index is 0.194. The lowest BCUT2D eigenvalue weighted by Crippen LogP contribution is -2.49. The van der Waals surface area contributed by atoms with Gasteiger partial charge in [-0.1, -0.05) is 48.5 Å². The molecule has 0 saturated heterocycles. The van der Waals surface area contributed by atoms with Crippen LogP contribution in [-0.4, -0.2) is 43.1 Å². The summed E-state index contributed by atoms with van der Waals surface area (Å²) in [5, 5.41) is 8.46. The number of primary amides is 1. The maximum atomic E-state index is 14.0. The normalized spacial score (nSPS) is 11.3. The number of hydrogen-bond donors (Lipinski definition) is 5. The number of rotatable bonds is 13. The SMILES string of the molecule is COc1ccc(C(C(=O)NC(Cc2ccnc(N)c2)C(=O)NCc2ccc(CNC(N)=O)cc2)c2ccc(OC)cc2)cc1. The summed E-state index contributed by atoms with van der Waals surface area (Å²) in [5.74, 6) is 0.198. The van der Waals surface area contributed by atoms with Gasteiger partial charge in [-0.25, -0.2) is 9.78 Å². The monoisotopic (exact) mass is 596 g/mol. The first-order valence-electron chi connectivity index (χ1n) is 13.9. The molecule has 44 heavy (non-hydrogen) atoms. The van der Waals surface area contributed by atoms with Crippen LogP contribution in [0.15, 0.2) is 91.1 Å². The zero-order chi connectivity index (χ0) is 31.5. The number of hydrogen-bond acceptors (Lipinski definition) is 7. The Morgan fingerprint density at radius 3 is 1.73 bits per heavy atom. The Balaban J connectivity index is 1.56. The quantitative estimate of drug-likeness (QED) is 0.158. The molecule has 1 heterocycles. The molecule has 1 aromatic heterocycles. The van der Waals surface area contributed by atoms with E-state index in [2.05, 4.69) is 20.9 Å². The zero-order valence-corrected chi connectivity index (χ0v) is 24.6. The Kier molecular flexibility index (Phi) is 10.7. The predicted molar refractivity (Wildman–Crippen MR) is 167 cm³/mol. The molecule has 0 fully saturated rings. The number of methoxy groups -OCH3 is 2. The number of pyridine rings is 1. The van der Waals surface area contributed by atoms with Crippen LogP contribution < -0.4 is 36.9 Å².